The molecule has 4 nitrogen and oxygen atoms in total. The quantitative estimate of drug-likeness (QED) is 0.807. The Balaban J connectivity index is 3.04. The third-order valence-electron chi connectivity index (χ3n) is 2.29. The molecular weight excluding hydrogens is 258 g/mol. The lowest BCUT2D eigenvalue weighted by molar-refractivity contribution is -0.119. The van der Waals surface area contributed by atoms with Gasteiger partial charge in [-0.25, -0.2) is 0 Å². The van der Waals surface area contributed by atoms with E-state index in [-0.39, 0.29) is 17.4 Å². The van der Waals surface area contributed by atoms with E-state index in [1.54, 1.807) is 37.2 Å². The molecule has 0 bridgehead atoms. The van der Waals surface area contributed by atoms with Gasteiger partial charge in [-0.3, -0.25) is 4.79 Å². The fourth-order valence-corrected chi connectivity index (χ4v) is 1.75. The van der Waals surface area contributed by atoms with Crippen molar-refractivity contribution in [1.29, 1.82) is 0 Å². The maximum Gasteiger partial charge on any atom is 0.239 e. The summed E-state index contributed by atoms with van der Waals surface area (Å²) in [6, 6.07) is 5.22. The highest BCUT2D eigenvalue weighted by atomic mass is 35.5. The molecule has 0 atom stereocenters. The van der Waals surface area contributed by atoms with E-state index in [9.17, 15) is 4.79 Å². The second kappa shape index (κ2) is 5.84. The number of carbonyl (C=O) groups is 1. The Hall–Kier alpha value is -1.33. The highest BCUT2D eigenvalue weighted by Crippen LogP contribution is 2.23. The monoisotopic (exact) mass is 271 g/mol. The molecule has 0 aliphatic carbocycles. The van der Waals surface area contributed by atoms with Crippen LogP contribution in [0.25, 0.3) is 0 Å². The van der Waals surface area contributed by atoms with E-state index in [1.807, 2.05) is 0 Å². The molecule has 6 heteroatoms. The van der Waals surface area contributed by atoms with E-state index in [1.165, 1.54) is 0 Å². The molecule has 3 N–H and O–H groups in total. The minimum atomic E-state index is -0.0867. The molecule has 1 aromatic carbocycles. The van der Waals surface area contributed by atoms with Gasteiger partial charge in [-0.2, -0.15) is 0 Å². The maximum atomic E-state index is 11.3. The summed E-state index contributed by atoms with van der Waals surface area (Å²) in [5, 5.41) is 3.12. The molecule has 0 aliphatic rings. The molecule has 0 aromatic heterocycles. The van der Waals surface area contributed by atoms with Gasteiger partial charge in [0.1, 0.15) is 4.99 Å². The number of hydrogen-bond donors (Lipinski definition) is 2. The van der Waals surface area contributed by atoms with E-state index >= 15 is 0 Å². The molecule has 0 radical (unpaired) electrons. The molecule has 0 unspecified atom stereocenters. The first-order valence-corrected chi connectivity index (χ1v) is 5.75. The summed E-state index contributed by atoms with van der Waals surface area (Å²) < 4.78 is 0. The van der Waals surface area contributed by atoms with Gasteiger partial charge in [0.25, 0.3) is 0 Å². The van der Waals surface area contributed by atoms with Crippen LogP contribution in [0.4, 0.5) is 5.69 Å². The molecule has 1 rings (SSSR count). The van der Waals surface area contributed by atoms with Gasteiger partial charge in [0.15, 0.2) is 0 Å². The smallest absolute Gasteiger partial charge is 0.239 e. The van der Waals surface area contributed by atoms with Crippen LogP contribution in [-0.4, -0.2) is 31.5 Å². The van der Waals surface area contributed by atoms with Crippen molar-refractivity contribution in [3.63, 3.8) is 0 Å². The second-order valence-electron chi connectivity index (χ2n) is 3.55. The fourth-order valence-electron chi connectivity index (χ4n) is 1.42. The Morgan fingerprint density at radius 1 is 1.59 bits per heavy atom. The van der Waals surface area contributed by atoms with E-state index < -0.39 is 0 Å². The van der Waals surface area contributed by atoms with E-state index in [0.29, 0.717) is 10.6 Å². The van der Waals surface area contributed by atoms with Crippen molar-refractivity contribution in [3.05, 3.63) is 28.8 Å². The number of nitrogens with two attached hydrogens (primary N) is 1. The van der Waals surface area contributed by atoms with Crippen molar-refractivity contribution < 1.29 is 4.79 Å². The number of benzene rings is 1. The molecule has 0 saturated carbocycles. The van der Waals surface area contributed by atoms with Crippen LogP contribution in [-0.2, 0) is 4.79 Å². The number of carbonyl (C=O) groups excluding carboxylic acids is 1. The number of anilines is 1. The van der Waals surface area contributed by atoms with Crippen LogP contribution in [0.5, 0.6) is 0 Å². The number of hydrogen-bond acceptors (Lipinski definition) is 3. The van der Waals surface area contributed by atoms with Gasteiger partial charge in [0.05, 0.1) is 6.54 Å². The van der Waals surface area contributed by atoms with Crippen molar-refractivity contribution in [3.8, 4) is 0 Å². The second-order valence-corrected chi connectivity index (χ2v) is 4.43. The zero-order valence-corrected chi connectivity index (χ0v) is 11.2. The van der Waals surface area contributed by atoms with Crippen molar-refractivity contribution in [1.82, 2.24) is 5.32 Å². The Bertz CT molecular complexity index is 450. The van der Waals surface area contributed by atoms with Crippen LogP contribution in [0, 0.1) is 0 Å². The predicted molar refractivity (Wildman–Crippen MR) is 74.7 cm³/mol. The number of nitrogens with zero attached hydrogens (tertiary/aromatic N) is 1. The molecule has 1 amide bonds. The summed E-state index contributed by atoms with van der Waals surface area (Å²) in [6.45, 7) is 0.230. The largest absolute Gasteiger partial charge is 0.389 e. The summed E-state index contributed by atoms with van der Waals surface area (Å²) in [4.78, 5) is 13.3. The minimum Gasteiger partial charge on any atom is -0.389 e. The SMILES string of the molecule is CNC(=O)CN(C)c1ccc(Cl)cc1C(N)=S. The van der Waals surface area contributed by atoms with Crippen molar-refractivity contribution in [2.24, 2.45) is 5.73 Å². The lowest BCUT2D eigenvalue weighted by atomic mass is 10.1. The number of thiocarbonyl (C=S) groups is 1. The Morgan fingerprint density at radius 2 is 2.24 bits per heavy atom. The molecule has 0 saturated heterocycles. The van der Waals surface area contributed by atoms with Gasteiger partial charge in [-0.05, 0) is 18.2 Å². The summed E-state index contributed by atoms with van der Waals surface area (Å²) in [5.74, 6) is -0.0867. The van der Waals surface area contributed by atoms with Gasteiger partial charge < -0.3 is 16.0 Å². The van der Waals surface area contributed by atoms with Crippen LogP contribution in [0.2, 0.25) is 5.02 Å². The molecule has 92 valence electrons. The normalized spacial score (nSPS) is 9.82. The van der Waals surface area contributed by atoms with Crippen LogP contribution in [0.15, 0.2) is 18.2 Å². The zero-order valence-electron chi connectivity index (χ0n) is 9.66. The van der Waals surface area contributed by atoms with Gasteiger partial charge in [0.2, 0.25) is 5.91 Å². The summed E-state index contributed by atoms with van der Waals surface area (Å²) >= 11 is 10.8. The van der Waals surface area contributed by atoms with Crippen LogP contribution in [0.3, 0.4) is 0 Å². The third-order valence-corrected chi connectivity index (χ3v) is 2.75. The number of nitrogens with one attached hydrogen (secondary N) is 1. The first kappa shape index (κ1) is 13.7. The molecule has 0 heterocycles. The fraction of sp³-hybridized carbons (Fsp3) is 0.273. The Labute approximate surface area is 111 Å². The molecular formula is C11H14ClN3OS. The van der Waals surface area contributed by atoms with Gasteiger partial charge in [-0.15, -0.1) is 0 Å². The number of rotatable bonds is 4. The number of amides is 1. The standard InChI is InChI=1S/C11H14ClN3OS/c1-14-10(16)6-15(2)9-4-3-7(12)5-8(9)11(13)17/h3-5H,6H2,1-2H3,(H2,13,17)(H,14,16). The Kier molecular flexibility index (Phi) is 4.72. The number of halogens is 1. The summed E-state index contributed by atoms with van der Waals surface area (Å²) in [7, 11) is 3.38. The molecule has 0 fully saturated rings. The molecule has 17 heavy (non-hydrogen) atoms. The van der Waals surface area contributed by atoms with E-state index in [4.69, 9.17) is 29.6 Å². The summed E-state index contributed by atoms with van der Waals surface area (Å²) in [6.07, 6.45) is 0. The maximum absolute atomic E-state index is 11.3. The molecule has 0 spiro atoms. The van der Waals surface area contributed by atoms with Crippen LogP contribution < -0.4 is 16.0 Å². The highest BCUT2D eigenvalue weighted by Gasteiger charge is 2.12. The summed E-state index contributed by atoms with van der Waals surface area (Å²) in [5.41, 5.74) is 7.08. The zero-order chi connectivity index (χ0) is 13.0. The van der Waals surface area contributed by atoms with Gasteiger partial charge in [-0.1, -0.05) is 23.8 Å². The Morgan fingerprint density at radius 3 is 2.76 bits per heavy atom. The lowest BCUT2D eigenvalue weighted by Gasteiger charge is -2.21. The first-order valence-electron chi connectivity index (χ1n) is 4.96. The average molecular weight is 272 g/mol. The van der Waals surface area contributed by atoms with Crippen LogP contribution in [0.1, 0.15) is 5.56 Å². The van der Waals surface area contributed by atoms with Crippen molar-refractivity contribution in [2.75, 3.05) is 25.5 Å². The third kappa shape index (κ3) is 3.57. The lowest BCUT2D eigenvalue weighted by Crippen LogP contribution is -2.34. The molecule has 1 aromatic rings. The van der Waals surface area contributed by atoms with Crippen molar-refractivity contribution in [2.45, 2.75) is 0 Å². The molecule has 0 aliphatic heterocycles. The number of likely N-dealkylation sites (N-methyl/N-ethyl adjacent to an activating group) is 2. The first-order chi connectivity index (χ1) is 7.95. The van der Waals surface area contributed by atoms with E-state index in [0.717, 1.165) is 5.69 Å². The van der Waals surface area contributed by atoms with Gasteiger partial charge >= 0.3 is 0 Å². The average Bonchev–Trinajstić information content (AvgIpc) is 2.28. The van der Waals surface area contributed by atoms with Crippen molar-refractivity contribution >= 4 is 40.4 Å². The van der Waals surface area contributed by atoms with Gasteiger partial charge in [0, 0.05) is 30.4 Å². The van der Waals surface area contributed by atoms with Crippen LogP contribution >= 0.6 is 23.8 Å². The minimum absolute atomic E-state index is 0.0867. The topological polar surface area (TPSA) is 58.4 Å². The van der Waals surface area contributed by atoms with E-state index in [2.05, 4.69) is 5.32 Å². The highest BCUT2D eigenvalue weighted by molar-refractivity contribution is 7.80. The predicted octanol–water partition coefficient (Wildman–Crippen LogP) is 1.16.